The number of amides is 1. The second-order valence-corrected chi connectivity index (χ2v) is 5.18. The first-order valence-corrected chi connectivity index (χ1v) is 7.09. The molecule has 1 aliphatic heterocycles. The third kappa shape index (κ3) is 2.61. The summed E-state index contributed by atoms with van der Waals surface area (Å²) in [6.45, 7) is 5.06. The molecule has 0 fully saturated rings. The van der Waals surface area contributed by atoms with Crippen molar-refractivity contribution in [2.24, 2.45) is 0 Å². The van der Waals surface area contributed by atoms with Gasteiger partial charge in [0, 0.05) is 6.54 Å². The first-order valence-electron chi connectivity index (χ1n) is 7.09. The number of nitrogens with zero attached hydrogens (tertiary/aromatic N) is 3. The van der Waals surface area contributed by atoms with E-state index in [9.17, 15) is 4.79 Å². The Balaban J connectivity index is 1.71. The number of aromatic nitrogens is 3. The van der Waals surface area contributed by atoms with Gasteiger partial charge in [-0.2, -0.15) is 0 Å². The van der Waals surface area contributed by atoms with E-state index >= 15 is 0 Å². The summed E-state index contributed by atoms with van der Waals surface area (Å²) in [7, 11) is 0. The largest absolute Gasteiger partial charge is 0.491 e. The van der Waals surface area contributed by atoms with Crippen LogP contribution < -0.4 is 10.1 Å². The van der Waals surface area contributed by atoms with E-state index in [1.54, 1.807) is 4.68 Å². The van der Waals surface area contributed by atoms with Crippen LogP contribution in [0.1, 0.15) is 28.5 Å². The zero-order valence-electron chi connectivity index (χ0n) is 12.2. The van der Waals surface area contributed by atoms with Crippen molar-refractivity contribution in [3.8, 4) is 5.75 Å². The molecule has 0 radical (unpaired) electrons. The maximum atomic E-state index is 12.3. The molecule has 0 unspecified atom stereocenters. The van der Waals surface area contributed by atoms with Gasteiger partial charge < -0.3 is 10.1 Å². The second kappa shape index (κ2) is 5.55. The molecule has 1 aromatic carbocycles. The van der Waals surface area contributed by atoms with Gasteiger partial charge in [-0.1, -0.05) is 23.4 Å². The molecule has 1 aromatic heterocycles. The van der Waals surface area contributed by atoms with Crippen LogP contribution in [0.4, 0.5) is 0 Å². The van der Waals surface area contributed by atoms with Gasteiger partial charge in [-0.3, -0.25) is 4.79 Å². The van der Waals surface area contributed by atoms with Crippen molar-refractivity contribution in [2.75, 3.05) is 6.61 Å². The highest BCUT2D eigenvalue weighted by Crippen LogP contribution is 2.28. The second-order valence-electron chi connectivity index (χ2n) is 5.18. The van der Waals surface area contributed by atoms with Gasteiger partial charge in [0.25, 0.3) is 5.91 Å². The molecule has 0 saturated carbocycles. The van der Waals surface area contributed by atoms with E-state index < -0.39 is 0 Å². The predicted molar refractivity (Wildman–Crippen MR) is 77.3 cm³/mol. The van der Waals surface area contributed by atoms with Crippen molar-refractivity contribution in [2.45, 2.75) is 32.9 Å². The van der Waals surface area contributed by atoms with E-state index in [1.807, 2.05) is 32.0 Å². The van der Waals surface area contributed by atoms with Gasteiger partial charge in [-0.15, -0.1) is 5.10 Å². The van der Waals surface area contributed by atoms with Crippen molar-refractivity contribution in [1.82, 2.24) is 20.3 Å². The fourth-order valence-corrected chi connectivity index (χ4v) is 2.61. The number of carbonyl (C=O) groups is 1. The number of ether oxygens (including phenoxy) is 1. The van der Waals surface area contributed by atoms with Crippen molar-refractivity contribution in [3.63, 3.8) is 0 Å². The van der Waals surface area contributed by atoms with Crippen LogP contribution in [0, 0.1) is 6.92 Å². The molecule has 1 amide bonds. The van der Waals surface area contributed by atoms with Gasteiger partial charge >= 0.3 is 0 Å². The smallest absolute Gasteiger partial charge is 0.271 e. The summed E-state index contributed by atoms with van der Waals surface area (Å²) >= 11 is 0. The molecular weight excluding hydrogens is 268 g/mol. The minimum atomic E-state index is -0.161. The summed E-state index contributed by atoms with van der Waals surface area (Å²) in [5.41, 5.74) is 2.74. The molecule has 1 atom stereocenters. The molecule has 6 nitrogen and oxygen atoms in total. The van der Waals surface area contributed by atoms with Crippen LogP contribution in [0.3, 0.4) is 0 Å². The van der Waals surface area contributed by atoms with Gasteiger partial charge in [0.2, 0.25) is 0 Å². The molecule has 21 heavy (non-hydrogen) atoms. The highest BCUT2D eigenvalue weighted by atomic mass is 16.5. The van der Waals surface area contributed by atoms with Crippen LogP contribution in [0.2, 0.25) is 0 Å². The van der Waals surface area contributed by atoms with Crippen LogP contribution in [-0.4, -0.2) is 33.5 Å². The number of para-hydroxylation sites is 1. The summed E-state index contributed by atoms with van der Waals surface area (Å²) in [6.07, 6.45) is 2.26. The van der Waals surface area contributed by atoms with E-state index in [0.29, 0.717) is 18.8 Å². The van der Waals surface area contributed by atoms with Crippen LogP contribution in [0.5, 0.6) is 5.75 Å². The number of carbonyl (C=O) groups excluding carboxylic acids is 1. The molecule has 110 valence electrons. The number of aryl methyl sites for hydroxylation is 2. The molecule has 0 saturated heterocycles. The van der Waals surface area contributed by atoms with Crippen molar-refractivity contribution in [3.05, 3.63) is 41.2 Å². The van der Waals surface area contributed by atoms with E-state index in [4.69, 9.17) is 4.74 Å². The average molecular weight is 286 g/mol. The number of rotatable bonds is 3. The molecule has 6 heteroatoms. The highest BCUT2D eigenvalue weighted by molar-refractivity contribution is 5.92. The standard InChI is InChI=1S/C15H18N4O2/c1-3-19-13(8-16-18-19)15(20)17-12-7-11-6-4-5-10(2)14(11)21-9-12/h4-6,8,12H,3,7,9H2,1-2H3,(H,17,20)/t12-/m0/s1. The number of hydrogen-bond acceptors (Lipinski definition) is 4. The summed E-state index contributed by atoms with van der Waals surface area (Å²) in [5, 5.41) is 10.6. The van der Waals surface area contributed by atoms with Gasteiger partial charge in [-0.25, -0.2) is 4.68 Å². The molecule has 2 aromatic rings. The lowest BCUT2D eigenvalue weighted by atomic mass is 10.00. The Bertz CT molecular complexity index is 665. The van der Waals surface area contributed by atoms with Crippen LogP contribution >= 0.6 is 0 Å². The van der Waals surface area contributed by atoms with Crippen molar-refractivity contribution < 1.29 is 9.53 Å². The van der Waals surface area contributed by atoms with Crippen molar-refractivity contribution in [1.29, 1.82) is 0 Å². The van der Waals surface area contributed by atoms with E-state index in [1.165, 1.54) is 6.20 Å². The maximum absolute atomic E-state index is 12.3. The molecule has 1 aliphatic rings. The fourth-order valence-electron chi connectivity index (χ4n) is 2.61. The Morgan fingerprint density at radius 2 is 2.38 bits per heavy atom. The molecule has 1 N–H and O–H groups in total. The lowest BCUT2D eigenvalue weighted by molar-refractivity contribution is 0.0904. The quantitative estimate of drug-likeness (QED) is 0.924. The van der Waals surface area contributed by atoms with Gasteiger partial charge in [0.1, 0.15) is 18.1 Å². The zero-order valence-corrected chi connectivity index (χ0v) is 12.2. The lowest BCUT2D eigenvalue weighted by Gasteiger charge is -2.27. The third-order valence-corrected chi connectivity index (χ3v) is 3.67. The van der Waals surface area contributed by atoms with Gasteiger partial charge in [-0.05, 0) is 31.4 Å². The predicted octanol–water partition coefficient (Wildman–Crippen LogP) is 1.34. The normalized spacial score (nSPS) is 17.0. The first-order chi connectivity index (χ1) is 10.2. The highest BCUT2D eigenvalue weighted by Gasteiger charge is 2.24. The molecule has 3 rings (SSSR count). The number of benzene rings is 1. The van der Waals surface area contributed by atoms with Crippen LogP contribution in [0.15, 0.2) is 24.4 Å². The Morgan fingerprint density at radius 3 is 3.19 bits per heavy atom. The summed E-state index contributed by atoms with van der Waals surface area (Å²) in [6, 6.07) is 6.05. The Kier molecular flexibility index (Phi) is 3.60. The van der Waals surface area contributed by atoms with Gasteiger partial charge in [0.05, 0.1) is 12.2 Å². The summed E-state index contributed by atoms with van der Waals surface area (Å²) in [4.78, 5) is 12.3. The fraction of sp³-hybridized carbons (Fsp3) is 0.400. The Labute approximate surface area is 123 Å². The van der Waals surface area contributed by atoms with Crippen LogP contribution in [0.25, 0.3) is 0 Å². The monoisotopic (exact) mass is 286 g/mol. The SMILES string of the molecule is CCn1nncc1C(=O)N[C@@H]1COc2c(C)cccc2C1. The maximum Gasteiger partial charge on any atom is 0.271 e. The van der Waals surface area contributed by atoms with E-state index in [2.05, 4.69) is 15.6 Å². The van der Waals surface area contributed by atoms with Gasteiger partial charge in [0.15, 0.2) is 0 Å². The van der Waals surface area contributed by atoms with Crippen molar-refractivity contribution >= 4 is 5.91 Å². The summed E-state index contributed by atoms with van der Waals surface area (Å²) < 4.78 is 7.37. The van der Waals surface area contributed by atoms with Crippen LogP contribution in [-0.2, 0) is 13.0 Å². The first kappa shape index (κ1) is 13.6. The molecule has 2 heterocycles. The Morgan fingerprint density at radius 1 is 1.52 bits per heavy atom. The minimum absolute atomic E-state index is 0.0352. The summed E-state index contributed by atoms with van der Waals surface area (Å²) in [5.74, 6) is 0.787. The molecule has 0 aliphatic carbocycles. The molecular formula is C15H18N4O2. The molecule has 0 spiro atoms. The topological polar surface area (TPSA) is 69.0 Å². The molecule has 0 bridgehead atoms. The number of hydrogen-bond donors (Lipinski definition) is 1. The zero-order chi connectivity index (χ0) is 14.8. The minimum Gasteiger partial charge on any atom is -0.491 e. The van der Waals surface area contributed by atoms with E-state index in [-0.39, 0.29) is 11.9 Å². The van der Waals surface area contributed by atoms with E-state index in [0.717, 1.165) is 23.3 Å². The third-order valence-electron chi connectivity index (χ3n) is 3.67. The number of fused-ring (bicyclic) bond motifs is 1. The Hall–Kier alpha value is -2.37. The lowest BCUT2D eigenvalue weighted by Crippen LogP contribution is -2.43. The average Bonchev–Trinajstić information content (AvgIpc) is 2.96. The number of nitrogens with one attached hydrogen (secondary N) is 1.